The van der Waals surface area contributed by atoms with Crippen LogP contribution in [-0.4, -0.2) is 63.3 Å². The largest absolute Gasteiger partial charge is 0.507 e. The van der Waals surface area contributed by atoms with E-state index in [1.165, 1.54) is 25.0 Å². The lowest BCUT2D eigenvalue weighted by atomic mass is 9.82. The summed E-state index contributed by atoms with van der Waals surface area (Å²) in [6, 6.07) is 2.98. The fourth-order valence-corrected chi connectivity index (χ4v) is 3.89. The van der Waals surface area contributed by atoms with Crippen LogP contribution in [0.1, 0.15) is 48.0 Å². The van der Waals surface area contributed by atoms with Gasteiger partial charge in [-0.25, -0.2) is 4.79 Å². The summed E-state index contributed by atoms with van der Waals surface area (Å²) in [4.78, 5) is 25.6. The Morgan fingerprint density at radius 3 is 2.46 bits per heavy atom. The Bertz CT molecular complexity index is 727. The van der Waals surface area contributed by atoms with E-state index < -0.39 is 18.8 Å². The number of aromatic carboxylic acids is 1. The van der Waals surface area contributed by atoms with E-state index in [-0.39, 0.29) is 36.1 Å². The Hall–Kier alpha value is -2.26. The molecule has 1 aliphatic heterocycles. The monoisotopic (exact) mass is 391 g/mol. The molecule has 0 atom stereocenters. The molecule has 1 saturated heterocycles. The first-order valence-electron chi connectivity index (χ1n) is 9.74. The molecule has 4 N–H and O–H groups in total. The van der Waals surface area contributed by atoms with Crippen molar-refractivity contribution in [3.8, 4) is 11.5 Å². The van der Waals surface area contributed by atoms with Gasteiger partial charge in [0.2, 0.25) is 5.91 Å². The molecule has 28 heavy (non-hydrogen) atoms. The Morgan fingerprint density at radius 2 is 1.86 bits per heavy atom. The molecule has 0 bridgehead atoms. The summed E-state index contributed by atoms with van der Waals surface area (Å²) in [7, 11) is -1.54. The molecule has 1 aromatic carbocycles. The Balaban J connectivity index is 1.59. The summed E-state index contributed by atoms with van der Waals surface area (Å²) in [6.07, 6.45) is 4.97. The summed E-state index contributed by atoms with van der Waals surface area (Å²) in [5.74, 6) is -1.11. The van der Waals surface area contributed by atoms with Crippen molar-refractivity contribution < 1.29 is 34.6 Å². The predicted molar refractivity (Wildman–Crippen MR) is 101 cm³/mol. The number of ether oxygens (including phenoxy) is 1. The quantitative estimate of drug-likeness (QED) is 0.492. The number of amides is 1. The van der Waals surface area contributed by atoms with Crippen molar-refractivity contribution in [2.24, 2.45) is 5.92 Å². The highest BCUT2D eigenvalue weighted by Gasteiger charge is 2.34. The van der Waals surface area contributed by atoms with Gasteiger partial charge in [0.25, 0.3) is 0 Å². The second-order valence-electron chi connectivity index (χ2n) is 7.66. The van der Waals surface area contributed by atoms with Gasteiger partial charge in [-0.2, -0.15) is 0 Å². The molecule has 3 rings (SSSR count). The Labute approximate surface area is 163 Å². The van der Waals surface area contributed by atoms with Crippen molar-refractivity contribution in [2.75, 3.05) is 13.1 Å². The van der Waals surface area contributed by atoms with Crippen LogP contribution in [0.5, 0.6) is 11.5 Å². The van der Waals surface area contributed by atoms with E-state index in [0.717, 1.165) is 12.8 Å². The van der Waals surface area contributed by atoms with Crippen LogP contribution in [0.25, 0.3) is 0 Å². The summed E-state index contributed by atoms with van der Waals surface area (Å²) >= 11 is 0. The number of phenols is 1. The maximum Gasteiger partial charge on any atom is 0.451 e. The lowest BCUT2D eigenvalue weighted by Gasteiger charge is -2.39. The van der Waals surface area contributed by atoms with E-state index in [0.29, 0.717) is 31.0 Å². The SMILES string of the molecule is O=C(O)c1c(OC2CN(C(=O)CC3CCCC3)C2)ccc(CCB(O)O)c1O. The van der Waals surface area contributed by atoms with Gasteiger partial charge in [0.1, 0.15) is 23.2 Å². The third kappa shape index (κ3) is 4.77. The van der Waals surface area contributed by atoms with Gasteiger partial charge in [0.05, 0.1) is 13.1 Å². The summed E-state index contributed by atoms with van der Waals surface area (Å²) in [6.45, 7) is 0.813. The molecular formula is C19H26BNO7. The predicted octanol–water partition coefficient (Wildman–Crippen LogP) is 1.28. The van der Waals surface area contributed by atoms with Crippen LogP contribution >= 0.6 is 0 Å². The van der Waals surface area contributed by atoms with Gasteiger partial charge < -0.3 is 29.9 Å². The highest BCUT2D eigenvalue weighted by Crippen LogP contribution is 2.34. The van der Waals surface area contributed by atoms with E-state index in [9.17, 15) is 19.8 Å². The topological polar surface area (TPSA) is 128 Å². The number of nitrogens with zero attached hydrogens (tertiary/aromatic N) is 1. The number of hydrogen-bond donors (Lipinski definition) is 4. The Morgan fingerprint density at radius 1 is 1.18 bits per heavy atom. The highest BCUT2D eigenvalue weighted by molar-refractivity contribution is 6.41. The van der Waals surface area contributed by atoms with E-state index in [1.807, 2.05) is 0 Å². The molecule has 0 radical (unpaired) electrons. The zero-order chi connectivity index (χ0) is 20.3. The molecule has 1 saturated carbocycles. The summed E-state index contributed by atoms with van der Waals surface area (Å²) < 4.78 is 5.72. The van der Waals surface area contributed by atoms with Crippen molar-refractivity contribution in [1.82, 2.24) is 4.90 Å². The van der Waals surface area contributed by atoms with Crippen molar-refractivity contribution in [2.45, 2.75) is 50.9 Å². The Kier molecular flexibility index (Phi) is 6.46. The van der Waals surface area contributed by atoms with Crippen LogP contribution in [0.3, 0.4) is 0 Å². The number of carboxylic acids is 1. The van der Waals surface area contributed by atoms with E-state index in [2.05, 4.69) is 0 Å². The number of rotatable bonds is 8. The zero-order valence-corrected chi connectivity index (χ0v) is 15.7. The molecule has 2 aliphatic rings. The number of carbonyl (C=O) groups is 2. The molecule has 1 heterocycles. The van der Waals surface area contributed by atoms with Crippen LogP contribution in [0.4, 0.5) is 0 Å². The first kappa shape index (κ1) is 20.5. The standard InChI is InChI=1S/C19H26BNO7/c22-16(9-12-3-1-2-4-12)21-10-14(11-21)28-15-6-5-13(7-8-20(26)27)18(23)17(15)19(24)25/h5-6,12,14,23,26-27H,1-4,7-11H2,(H,24,25). The molecule has 1 aromatic rings. The van der Waals surface area contributed by atoms with Crippen molar-refractivity contribution in [3.63, 3.8) is 0 Å². The van der Waals surface area contributed by atoms with Crippen molar-refractivity contribution in [1.29, 1.82) is 0 Å². The number of aromatic hydroxyl groups is 1. The lowest BCUT2D eigenvalue weighted by molar-refractivity contribution is -0.141. The first-order chi connectivity index (χ1) is 13.3. The van der Waals surface area contributed by atoms with E-state index >= 15 is 0 Å². The second kappa shape index (κ2) is 8.83. The average Bonchev–Trinajstić information content (AvgIpc) is 3.09. The zero-order valence-electron chi connectivity index (χ0n) is 15.7. The van der Waals surface area contributed by atoms with Gasteiger partial charge in [-0.3, -0.25) is 4.79 Å². The number of benzene rings is 1. The summed E-state index contributed by atoms with van der Waals surface area (Å²) in [5, 5.41) is 37.6. The summed E-state index contributed by atoms with van der Waals surface area (Å²) in [5.41, 5.74) is -0.0412. The molecule has 1 aliphatic carbocycles. The minimum Gasteiger partial charge on any atom is -0.507 e. The first-order valence-corrected chi connectivity index (χ1v) is 9.74. The minimum absolute atomic E-state index is 0.0203. The molecule has 0 spiro atoms. The maximum atomic E-state index is 12.3. The van der Waals surface area contributed by atoms with Gasteiger partial charge in [-0.05, 0) is 43.1 Å². The average molecular weight is 391 g/mol. The van der Waals surface area contributed by atoms with Gasteiger partial charge in [0.15, 0.2) is 0 Å². The number of aryl methyl sites for hydroxylation is 1. The van der Waals surface area contributed by atoms with E-state index in [4.69, 9.17) is 14.8 Å². The van der Waals surface area contributed by atoms with E-state index in [1.54, 1.807) is 4.90 Å². The molecule has 9 heteroatoms. The maximum absolute atomic E-state index is 12.3. The molecule has 2 fully saturated rings. The van der Waals surface area contributed by atoms with Gasteiger partial charge >= 0.3 is 13.1 Å². The fourth-order valence-electron chi connectivity index (χ4n) is 3.89. The minimum atomic E-state index is -1.54. The fraction of sp³-hybridized carbons (Fsp3) is 0.579. The number of likely N-dealkylation sites (tertiary alicyclic amines) is 1. The third-order valence-electron chi connectivity index (χ3n) is 5.54. The smallest absolute Gasteiger partial charge is 0.451 e. The number of hydrogen-bond acceptors (Lipinski definition) is 6. The van der Waals surface area contributed by atoms with Crippen LogP contribution in [0, 0.1) is 5.92 Å². The lowest BCUT2D eigenvalue weighted by Crippen LogP contribution is -2.56. The van der Waals surface area contributed by atoms with Gasteiger partial charge in [-0.1, -0.05) is 18.9 Å². The number of carboxylic acid groups (broad SMARTS) is 1. The molecule has 0 aromatic heterocycles. The second-order valence-corrected chi connectivity index (χ2v) is 7.66. The normalized spacial score (nSPS) is 17.4. The van der Waals surface area contributed by atoms with Crippen molar-refractivity contribution >= 4 is 19.0 Å². The third-order valence-corrected chi connectivity index (χ3v) is 5.54. The van der Waals surface area contributed by atoms with Crippen LogP contribution in [-0.2, 0) is 11.2 Å². The number of carbonyl (C=O) groups excluding carboxylic acids is 1. The van der Waals surface area contributed by atoms with Gasteiger partial charge in [0, 0.05) is 6.42 Å². The van der Waals surface area contributed by atoms with Crippen LogP contribution in [0.2, 0.25) is 6.32 Å². The molecule has 152 valence electrons. The molecular weight excluding hydrogens is 365 g/mol. The van der Waals surface area contributed by atoms with Gasteiger partial charge in [-0.15, -0.1) is 0 Å². The van der Waals surface area contributed by atoms with Crippen LogP contribution < -0.4 is 4.74 Å². The van der Waals surface area contributed by atoms with Crippen molar-refractivity contribution in [3.05, 3.63) is 23.3 Å². The molecule has 8 nitrogen and oxygen atoms in total. The van der Waals surface area contributed by atoms with Crippen LogP contribution in [0.15, 0.2) is 12.1 Å². The molecule has 1 amide bonds. The molecule has 0 unspecified atom stereocenters. The highest BCUT2D eigenvalue weighted by atomic mass is 16.5.